The average Bonchev–Trinajstić information content (AvgIpc) is 2.18. The second-order valence-corrected chi connectivity index (χ2v) is 2.70. The number of pyridine rings is 1. The molecule has 0 saturated heterocycles. The molecule has 13 heavy (non-hydrogen) atoms. The van der Waals surface area contributed by atoms with Crippen LogP contribution in [0.2, 0.25) is 0 Å². The largest absolute Gasteiger partial charge is 0.507 e. The maximum absolute atomic E-state index is 9.45. The van der Waals surface area contributed by atoms with Crippen LogP contribution in [0.1, 0.15) is 0 Å². The van der Waals surface area contributed by atoms with E-state index in [0.717, 1.165) is 10.9 Å². The van der Waals surface area contributed by atoms with E-state index in [-0.39, 0.29) is 5.75 Å². The predicted molar refractivity (Wildman–Crippen MR) is 50.0 cm³/mol. The number of hydrogen-bond acceptors (Lipinski definition) is 3. The van der Waals surface area contributed by atoms with Crippen molar-refractivity contribution in [3.8, 4) is 11.6 Å². The Balaban J connectivity index is 2.72. The Hall–Kier alpha value is -1.77. The Morgan fingerprint density at radius 1 is 1.23 bits per heavy atom. The van der Waals surface area contributed by atoms with Gasteiger partial charge in [0.15, 0.2) is 0 Å². The number of phenols is 1. The lowest BCUT2D eigenvalue weighted by Crippen LogP contribution is -1.87. The van der Waals surface area contributed by atoms with Crippen molar-refractivity contribution >= 4 is 10.9 Å². The van der Waals surface area contributed by atoms with Gasteiger partial charge in [0.25, 0.3) is 0 Å². The molecule has 0 aliphatic heterocycles. The molecule has 1 N–H and O–H groups in total. The first-order valence-electron chi connectivity index (χ1n) is 3.94. The number of ether oxygens (including phenoxy) is 1. The smallest absolute Gasteiger partial charge is 0.213 e. The maximum atomic E-state index is 9.45. The number of aromatic hydroxyl groups is 1. The molecule has 1 aromatic carbocycles. The van der Waals surface area contributed by atoms with Crippen LogP contribution in [-0.4, -0.2) is 17.2 Å². The molecular weight excluding hydrogens is 166 g/mol. The van der Waals surface area contributed by atoms with E-state index in [4.69, 9.17) is 4.74 Å². The van der Waals surface area contributed by atoms with Crippen molar-refractivity contribution in [2.75, 3.05) is 7.11 Å². The van der Waals surface area contributed by atoms with E-state index in [1.807, 2.05) is 6.07 Å². The van der Waals surface area contributed by atoms with Crippen LogP contribution in [0.5, 0.6) is 11.6 Å². The second kappa shape index (κ2) is 2.94. The van der Waals surface area contributed by atoms with Crippen LogP contribution in [0.25, 0.3) is 10.9 Å². The third-order valence-corrected chi connectivity index (χ3v) is 1.89. The second-order valence-electron chi connectivity index (χ2n) is 2.70. The topological polar surface area (TPSA) is 42.4 Å². The lowest BCUT2D eigenvalue weighted by Gasteiger charge is -2.02. The molecule has 0 aliphatic carbocycles. The van der Waals surface area contributed by atoms with Crippen LogP contribution in [0.4, 0.5) is 0 Å². The number of rotatable bonds is 1. The Labute approximate surface area is 75.6 Å². The van der Waals surface area contributed by atoms with Gasteiger partial charge >= 0.3 is 0 Å². The molecule has 0 atom stereocenters. The summed E-state index contributed by atoms with van der Waals surface area (Å²) in [5.41, 5.74) is 0.736. The zero-order valence-corrected chi connectivity index (χ0v) is 7.19. The van der Waals surface area contributed by atoms with Gasteiger partial charge in [-0.2, -0.15) is 0 Å². The van der Waals surface area contributed by atoms with E-state index in [1.54, 1.807) is 31.4 Å². The summed E-state index contributed by atoms with van der Waals surface area (Å²) in [6.45, 7) is 0. The van der Waals surface area contributed by atoms with Crippen LogP contribution in [0, 0.1) is 0 Å². The summed E-state index contributed by atoms with van der Waals surface area (Å²) in [5.74, 6) is 0.797. The standard InChI is InChI=1S/C10H9NO2/c1-13-10-6-5-7-8(11-10)3-2-4-9(7)12/h2-6,12H,1H3. The Kier molecular flexibility index (Phi) is 1.77. The molecule has 3 heteroatoms. The van der Waals surface area contributed by atoms with Gasteiger partial charge in [0, 0.05) is 11.5 Å². The van der Waals surface area contributed by atoms with Crippen molar-refractivity contribution in [1.29, 1.82) is 0 Å². The lowest BCUT2D eigenvalue weighted by molar-refractivity contribution is 0.399. The molecule has 3 nitrogen and oxygen atoms in total. The highest BCUT2D eigenvalue weighted by atomic mass is 16.5. The Morgan fingerprint density at radius 3 is 2.85 bits per heavy atom. The predicted octanol–water partition coefficient (Wildman–Crippen LogP) is 1.95. The summed E-state index contributed by atoms with van der Waals surface area (Å²) in [4.78, 5) is 4.17. The molecule has 0 fully saturated rings. The highest BCUT2D eigenvalue weighted by molar-refractivity contribution is 5.85. The maximum Gasteiger partial charge on any atom is 0.213 e. The quantitative estimate of drug-likeness (QED) is 0.720. The molecule has 0 amide bonds. The zero-order chi connectivity index (χ0) is 9.26. The molecule has 0 unspecified atom stereocenters. The third kappa shape index (κ3) is 1.28. The van der Waals surface area contributed by atoms with E-state index >= 15 is 0 Å². The van der Waals surface area contributed by atoms with Gasteiger partial charge in [-0.3, -0.25) is 0 Å². The fourth-order valence-electron chi connectivity index (χ4n) is 1.23. The minimum atomic E-state index is 0.243. The Bertz CT molecular complexity index is 440. The van der Waals surface area contributed by atoms with Gasteiger partial charge in [-0.1, -0.05) is 6.07 Å². The molecule has 0 spiro atoms. The van der Waals surface area contributed by atoms with Crippen LogP contribution >= 0.6 is 0 Å². The summed E-state index contributed by atoms with van der Waals surface area (Å²) in [6.07, 6.45) is 0. The SMILES string of the molecule is COc1ccc2c(O)cccc2n1. The third-order valence-electron chi connectivity index (χ3n) is 1.89. The summed E-state index contributed by atoms with van der Waals surface area (Å²) >= 11 is 0. The highest BCUT2D eigenvalue weighted by Gasteiger charge is 2.00. The van der Waals surface area contributed by atoms with Crippen molar-refractivity contribution in [2.24, 2.45) is 0 Å². The molecule has 0 saturated carbocycles. The van der Waals surface area contributed by atoms with Crippen LogP contribution in [0.15, 0.2) is 30.3 Å². The summed E-state index contributed by atoms with van der Waals surface area (Å²) < 4.78 is 4.97. The van der Waals surface area contributed by atoms with Crippen LogP contribution < -0.4 is 4.74 Å². The zero-order valence-electron chi connectivity index (χ0n) is 7.19. The van der Waals surface area contributed by atoms with Crippen molar-refractivity contribution in [1.82, 2.24) is 4.98 Å². The summed E-state index contributed by atoms with van der Waals surface area (Å²) in [6, 6.07) is 8.73. The minimum Gasteiger partial charge on any atom is -0.507 e. The van der Waals surface area contributed by atoms with Gasteiger partial charge in [-0.05, 0) is 18.2 Å². The van der Waals surface area contributed by atoms with Crippen molar-refractivity contribution in [3.05, 3.63) is 30.3 Å². The number of methoxy groups -OCH3 is 1. The number of benzene rings is 1. The van der Waals surface area contributed by atoms with Crippen LogP contribution in [-0.2, 0) is 0 Å². The number of phenolic OH excluding ortho intramolecular Hbond substituents is 1. The monoisotopic (exact) mass is 175 g/mol. The van der Waals surface area contributed by atoms with E-state index < -0.39 is 0 Å². The average molecular weight is 175 g/mol. The number of nitrogens with zero attached hydrogens (tertiary/aromatic N) is 1. The fourth-order valence-corrected chi connectivity index (χ4v) is 1.23. The fraction of sp³-hybridized carbons (Fsp3) is 0.100. The number of fused-ring (bicyclic) bond motifs is 1. The van der Waals surface area contributed by atoms with Crippen LogP contribution in [0.3, 0.4) is 0 Å². The van der Waals surface area contributed by atoms with Gasteiger partial charge in [0.2, 0.25) is 5.88 Å². The normalized spacial score (nSPS) is 10.2. The molecular formula is C10H9NO2. The molecule has 0 aliphatic rings. The first-order chi connectivity index (χ1) is 6.31. The summed E-state index contributed by atoms with van der Waals surface area (Å²) in [7, 11) is 1.57. The van der Waals surface area contributed by atoms with Crippen molar-refractivity contribution in [3.63, 3.8) is 0 Å². The first-order valence-corrected chi connectivity index (χ1v) is 3.94. The molecule has 0 radical (unpaired) electrons. The highest BCUT2D eigenvalue weighted by Crippen LogP contribution is 2.24. The van der Waals surface area contributed by atoms with Gasteiger partial charge in [-0.25, -0.2) is 4.98 Å². The van der Waals surface area contributed by atoms with Gasteiger partial charge in [0.1, 0.15) is 5.75 Å². The van der Waals surface area contributed by atoms with Gasteiger partial charge in [-0.15, -0.1) is 0 Å². The Morgan fingerprint density at radius 2 is 2.08 bits per heavy atom. The molecule has 2 rings (SSSR count). The first kappa shape index (κ1) is 7.86. The molecule has 2 aromatic rings. The van der Waals surface area contributed by atoms with Crippen molar-refractivity contribution in [2.45, 2.75) is 0 Å². The molecule has 1 aromatic heterocycles. The van der Waals surface area contributed by atoms with E-state index in [2.05, 4.69) is 4.98 Å². The molecule has 0 bridgehead atoms. The minimum absolute atomic E-state index is 0.243. The van der Waals surface area contributed by atoms with Gasteiger partial charge < -0.3 is 9.84 Å². The number of aromatic nitrogens is 1. The van der Waals surface area contributed by atoms with E-state index in [0.29, 0.717) is 5.88 Å². The number of hydrogen-bond donors (Lipinski definition) is 1. The van der Waals surface area contributed by atoms with Crippen molar-refractivity contribution < 1.29 is 9.84 Å². The van der Waals surface area contributed by atoms with E-state index in [9.17, 15) is 5.11 Å². The van der Waals surface area contributed by atoms with E-state index in [1.165, 1.54) is 0 Å². The molecule has 1 heterocycles. The summed E-state index contributed by atoms with van der Waals surface area (Å²) in [5, 5.41) is 10.2. The lowest BCUT2D eigenvalue weighted by atomic mass is 10.2. The molecule has 66 valence electrons. The van der Waals surface area contributed by atoms with Gasteiger partial charge in [0.05, 0.1) is 12.6 Å².